The van der Waals surface area contributed by atoms with Crippen LogP contribution in [0.15, 0.2) is 0 Å². The molecule has 0 radical (unpaired) electrons. The van der Waals surface area contributed by atoms with Gasteiger partial charge in [0.25, 0.3) is 0 Å². The van der Waals surface area contributed by atoms with Gasteiger partial charge in [-0.25, -0.2) is 0 Å². The van der Waals surface area contributed by atoms with Crippen molar-refractivity contribution in [3.05, 3.63) is 0 Å². The summed E-state index contributed by atoms with van der Waals surface area (Å²) in [4.78, 5) is 13.4. The minimum atomic E-state index is -0.608. The molecule has 0 aromatic rings. The summed E-state index contributed by atoms with van der Waals surface area (Å²) >= 11 is 0. The number of fused-ring (bicyclic) bond motifs is 1. The van der Waals surface area contributed by atoms with Crippen LogP contribution in [0, 0.1) is 5.41 Å². The molecule has 0 spiro atoms. The molecule has 2 atom stereocenters. The fraction of sp³-hybridized carbons (Fsp3) is 0.889. The predicted octanol–water partition coefficient (Wildman–Crippen LogP) is -0.245. The lowest BCUT2D eigenvalue weighted by molar-refractivity contribution is -0.151. The number of likely N-dealkylation sites (N-methyl/N-ethyl adjacent to an activating group) is 1. The van der Waals surface area contributed by atoms with E-state index in [4.69, 9.17) is 0 Å². The van der Waals surface area contributed by atoms with E-state index >= 15 is 0 Å². The van der Waals surface area contributed by atoms with Gasteiger partial charge in [-0.1, -0.05) is 0 Å². The summed E-state index contributed by atoms with van der Waals surface area (Å²) in [5.74, 6) is -0.608. The Morgan fingerprint density at radius 3 is 3.00 bits per heavy atom. The van der Waals surface area contributed by atoms with Crippen LogP contribution in [0.4, 0.5) is 0 Å². The summed E-state index contributed by atoms with van der Waals surface area (Å²) < 4.78 is 0. The average molecular weight is 184 g/mol. The van der Waals surface area contributed by atoms with Gasteiger partial charge in [-0.05, 0) is 33.0 Å². The van der Waals surface area contributed by atoms with Gasteiger partial charge in [-0.15, -0.1) is 0 Å². The molecule has 74 valence electrons. The molecule has 0 aromatic heterocycles. The van der Waals surface area contributed by atoms with Crippen molar-refractivity contribution in [1.82, 2.24) is 10.2 Å². The molecule has 4 nitrogen and oxygen atoms in total. The molecule has 0 aromatic carbocycles. The Hall–Kier alpha value is -0.610. The summed E-state index contributed by atoms with van der Waals surface area (Å²) in [6, 6.07) is 0.193. The molecule has 2 fully saturated rings. The highest BCUT2D eigenvalue weighted by Gasteiger charge is 2.52. The summed E-state index contributed by atoms with van der Waals surface area (Å²) in [5.41, 5.74) is -0.458. The lowest BCUT2D eigenvalue weighted by Crippen LogP contribution is -2.54. The zero-order valence-corrected chi connectivity index (χ0v) is 7.92. The van der Waals surface area contributed by atoms with Gasteiger partial charge in [-0.2, -0.15) is 0 Å². The van der Waals surface area contributed by atoms with Crippen LogP contribution in [0.1, 0.15) is 12.8 Å². The smallest absolute Gasteiger partial charge is 0.311 e. The first-order valence-corrected chi connectivity index (χ1v) is 4.81. The number of carbonyl (C=O) groups is 1. The van der Waals surface area contributed by atoms with Crippen LogP contribution in [0.5, 0.6) is 0 Å². The van der Waals surface area contributed by atoms with Gasteiger partial charge in [0.05, 0.1) is 5.41 Å². The van der Waals surface area contributed by atoms with Gasteiger partial charge in [0.15, 0.2) is 0 Å². The zero-order valence-electron chi connectivity index (χ0n) is 7.92. The Bertz CT molecular complexity index is 228. The molecular formula is C9H16N2O2. The first-order valence-electron chi connectivity index (χ1n) is 4.81. The van der Waals surface area contributed by atoms with Gasteiger partial charge in [0, 0.05) is 12.6 Å². The molecular weight excluding hydrogens is 168 g/mol. The van der Waals surface area contributed by atoms with Crippen molar-refractivity contribution < 1.29 is 9.90 Å². The van der Waals surface area contributed by atoms with Crippen LogP contribution < -0.4 is 5.32 Å². The van der Waals surface area contributed by atoms with Crippen molar-refractivity contribution >= 4 is 5.97 Å². The van der Waals surface area contributed by atoms with Gasteiger partial charge in [0.1, 0.15) is 0 Å². The topological polar surface area (TPSA) is 52.6 Å². The maximum Gasteiger partial charge on any atom is 0.311 e. The standard InChI is InChI=1S/C9H16N2O2/c1-11-5-3-9(8(12)13)2-4-10-6-7(9)11/h7,10H,2-6H2,1H3,(H,12,13). The molecule has 2 aliphatic heterocycles. The van der Waals surface area contributed by atoms with Crippen LogP contribution in [-0.4, -0.2) is 48.7 Å². The SMILES string of the molecule is CN1CCC2(C(=O)O)CCNCC12. The van der Waals surface area contributed by atoms with E-state index in [1.165, 1.54) is 0 Å². The normalized spacial score (nSPS) is 40.2. The number of nitrogens with one attached hydrogen (secondary N) is 1. The molecule has 13 heavy (non-hydrogen) atoms. The minimum Gasteiger partial charge on any atom is -0.481 e. The van der Waals surface area contributed by atoms with Crippen LogP contribution in [-0.2, 0) is 4.79 Å². The number of nitrogens with zero attached hydrogens (tertiary/aromatic N) is 1. The summed E-state index contributed by atoms with van der Waals surface area (Å²) in [6.07, 6.45) is 1.59. The Morgan fingerprint density at radius 2 is 2.38 bits per heavy atom. The molecule has 0 amide bonds. The first-order chi connectivity index (χ1) is 6.17. The molecule has 2 aliphatic rings. The second kappa shape index (κ2) is 2.96. The second-order valence-corrected chi connectivity index (χ2v) is 4.16. The zero-order chi connectivity index (χ0) is 9.47. The van der Waals surface area contributed by atoms with Crippen LogP contribution in [0.25, 0.3) is 0 Å². The molecule has 0 bridgehead atoms. The van der Waals surface area contributed by atoms with Gasteiger partial charge < -0.3 is 15.3 Å². The lowest BCUT2D eigenvalue weighted by atomic mass is 9.75. The molecule has 2 rings (SSSR count). The third-order valence-corrected chi connectivity index (χ3v) is 3.59. The maximum absolute atomic E-state index is 11.2. The van der Waals surface area contributed by atoms with E-state index in [9.17, 15) is 9.90 Å². The Balaban J connectivity index is 2.27. The molecule has 0 saturated carbocycles. The van der Waals surface area contributed by atoms with Crippen LogP contribution in [0.3, 0.4) is 0 Å². The molecule has 2 unspecified atom stereocenters. The predicted molar refractivity (Wildman–Crippen MR) is 48.6 cm³/mol. The number of hydrogen-bond acceptors (Lipinski definition) is 3. The highest BCUT2D eigenvalue weighted by molar-refractivity contribution is 5.76. The van der Waals surface area contributed by atoms with E-state index in [0.29, 0.717) is 0 Å². The monoisotopic (exact) mass is 184 g/mol. The molecule has 4 heteroatoms. The molecule has 0 aliphatic carbocycles. The maximum atomic E-state index is 11.2. The number of aliphatic carboxylic acids is 1. The van der Waals surface area contributed by atoms with Crippen molar-refractivity contribution in [2.75, 3.05) is 26.7 Å². The quantitative estimate of drug-likeness (QED) is 0.590. The molecule has 2 N–H and O–H groups in total. The van der Waals surface area contributed by atoms with E-state index in [1.807, 2.05) is 7.05 Å². The van der Waals surface area contributed by atoms with E-state index < -0.39 is 11.4 Å². The Labute approximate surface area is 77.9 Å². The Morgan fingerprint density at radius 1 is 1.62 bits per heavy atom. The molecule has 2 saturated heterocycles. The Kier molecular flexibility index (Phi) is 2.04. The summed E-state index contributed by atoms with van der Waals surface area (Å²) in [6.45, 7) is 2.58. The summed E-state index contributed by atoms with van der Waals surface area (Å²) in [5, 5.41) is 12.5. The van der Waals surface area contributed by atoms with Crippen LogP contribution in [0.2, 0.25) is 0 Å². The van der Waals surface area contributed by atoms with Crippen molar-refractivity contribution in [1.29, 1.82) is 0 Å². The number of likely N-dealkylation sites (tertiary alicyclic amines) is 1. The number of carboxylic acid groups (broad SMARTS) is 1. The first kappa shape index (κ1) is 8.97. The number of carboxylic acids is 1. The fourth-order valence-corrected chi connectivity index (χ4v) is 2.67. The van der Waals surface area contributed by atoms with Crippen molar-refractivity contribution in [3.63, 3.8) is 0 Å². The van der Waals surface area contributed by atoms with E-state index in [2.05, 4.69) is 10.2 Å². The fourth-order valence-electron chi connectivity index (χ4n) is 2.67. The lowest BCUT2D eigenvalue weighted by Gasteiger charge is -2.37. The third-order valence-electron chi connectivity index (χ3n) is 3.59. The van der Waals surface area contributed by atoms with E-state index in [1.54, 1.807) is 0 Å². The third kappa shape index (κ3) is 1.16. The number of piperidine rings is 1. The molecule has 2 heterocycles. The van der Waals surface area contributed by atoms with Gasteiger partial charge >= 0.3 is 5.97 Å². The van der Waals surface area contributed by atoms with Crippen molar-refractivity contribution in [3.8, 4) is 0 Å². The van der Waals surface area contributed by atoms with E-state index in [0.717, 1.165) is 32.5 Å². The van der Waals surface area contributed by atoms with Gasteiger partial charge in [0.2, 0.25) is 0 Å². The second-order valence-electron chi connectivity index (χ2n) is 4.16. The van der Waals surface area contributed by atoms with Crippen molar-refractivity contribution in [2.45, 2.75) is 18.9 Å². The average Bonchev–Trinajstić information content (AvgIpc) is 2.46. The number of rotatable bonds is 1. The van der Waals surface area contributed by atoms with Crippen LogP contribution >= 0.6 is 0 Å². The largest absolute Gasteiger partial charge is 0.481 e. The highest BCUT2D eigenvalue weighted by Crippen LogP contribution is 2.40. The minimum absolute atomic E-state index is 0.193. The van der Waals surface area contributed by atoms with Crippen molar-refractivity contribution in [2.24, 2.45) is 5.41 Å². The highest BCUT2D eigenvalue weighted by atomic mass is 16.4. The van der Waals surface area contributed by atoms with Gasteiger partial charge in [-0.3, -0.25) is 4.79 Å². The number of hydrogen-bond donors (Lipinski definition) is 2. The summed E-state index contributed by atoms with van der Waals surface area (Å²) in [7, 11) is 2.02. The van der Waals surface area contributed by atoms with E-state index in [-0.39, 0.29) is 6.04 Å².